The van der Waals surface area contributed by atoms with Crippen molar-refractivity contribution in [3.05, 3.63) is 72.1 Å². The second kappa shape index (κ2) is 6.31. The molecule has 94 valence electrons. The van der Waals surface area contributed by atoms with Crippen LogP contribution in [0.3, 0.4) is 0 Å². The van der Waals surface area contributed by atoms with Gasteiger partial charge in [-0.25, -0.2) is 0 Å². The van der Waals surface area contributed by atoms with Gasteiger partial charge in [0.2, 0.25) is 0 Å². The largest absolute Gasteiger partial charge is 0.507 e. The SMILES string of the molecule is O=C(C=Cc1ccccn1)C=Cc1ccccc1O. The van der Waals surface area contributed by atoms with E-state index in [1.807, 2.05) is 18.2 Å². The van der Waals surface area contributed by atoms with Crippen molar-refractivity contribution in [3.63, 3.8) is 0 Å². The molecule has 0 unspecified atom stereocenters. The zero-order valence-electron chi connectivity index (χ0n) is 10.2. The number of phenols is 1. The van der Waals surface area contributed by atoms with Crippen LogP contribution in [-0.2, 0) is 4.79 Å². The summed E-state index contributed by atoms with van der Waals surface area (Å²) in [5.41, 5.74) is 1.34. The van der Waals surface area contributed by atoms with Gasteiger partial charge in [0, 0.05) is 11.8 Å². The standard InChI is InChI=1S/C16H13NO2/c18-15(11-9-14-6-3-4-12-17-14)10-8-13-5-1-2-7-16(13)19/h1-12,19H. The Hall–Kier alpha value is -2.68. The first-order valence-electron chi connectivity index (χ1n) is 5.85. The highest BCUT2D eigenvalue weighted by atomic mass is 16.3. The molecule has 0 bridgehead atoms. The molecule has 0 aliphatic heterocycles. The third-order valence-corrected chi connectivity index (χ3v) is 2.47. The van der Waals surface area contributed by atoms with E-state index >= 15 is 0 Å². The Kier molecular flexibility index (Phi) is 4.24. The Morgan fingerprint density at radius 1 is 1.00 bits per heavy atom. The van der Waals surface area contributed by atoms with Crippen molar-refractivity contribution in [3.8, 4) is 5.75 Å². The van der Waals surface area contributed by atoms with Crippen LogP contribution in [0.2, 0.25) is 0 Å². The zero-order valence-corrected chi connectivity index (χ0v) is 10.2. The van der Waals surface area contributed by atoms with Crippen molar-refractivity contribution in [2.75, 3.05) is 0 Å². The highest BCUT2D eigenvalue weighted by Crippen LogP contribution is 2.16. The van der Waals surface area contributed by atoms with Crippen LogP contribution in [-0.4, -0.2) is 15.9 Å². The van der Waals surface area contributed by atoms with Gasteiger partial charge in [0.1, 0.15) is 5.75 Å². The van der Waals surface area contributed by atoms with Gasteiger partial charge in [-0.15, -0.1) is 0 Å². The maximum absolute atomic E-state index is 11.6. The molecule has 3 heteroatoms. The fourth-order valence-electron chi connectivity index (χ4n) is 1.50. The minimum atomic E-state index is -0.158. The molecule has 0 amide bonds. The molecule has 0 fully saturated rings. The monoisotopic (exact) mass is 251 g/mol. The third-order valence-electron chi connectivity index (χ3n) is 2.47. The first-order valence-corrected chi connectivity index (χ1v) is 5.85. The second-order valence-electron chi connectivity index (χ2n) is 3.88. The molecule has 1 heterocycles. The van der Waals surface area contributed by atoms with Gasteiger partial charge >= 0.3 is 0 Å². The first kappa shape index (κ1) is 12.8. The third kappa shape index (κ3) is 3.92. The highest BCUT2D eigenvalue weighted by molar-refractivity contribution is 6.04. The summed E-state index contributed by atoms with van der Waals surface area (Å²) in [5, 5.41) is 9.54. The van der Waals surface area contributed by atoms with Crippen LogP contribution in [0.5, 0.6) is 5.75 Å². The first-order chi connectivity index (χ1) is 9.25. The van der Waals surface area contributed by atoms with Gasteiger partial charge < -0.3 is 5.11 Å². The zero-order chi connectivity index (χ0) is 13.5. The van der Waals surface area contributed by atoms with E-state index in [1.165, 1.54) is 12.2 Å². The van der Waals surface area contributed by atoms with Gasteiger partial charge in [0.15, 0.2) is 5.78 Å². The fourth-order valence-corrected chi connectivity index (χ4v) is 1.50. The number of phenolic OH excluding ortho intramolecular Hbond substituents is 1. The Balaban J connectivity index is 2.02. The van der Waals surface area contributed by atoms with E-state index < -0.39 is 0 Å². The van der Waals surface area contributed by atoms with Gasteiger partial charge in [-0.3, -0.25) is 9.78 Å². The molecule has 0 atom stereocenters. The lowest BCUT2D eigenvalue weighted by molar-refractivity contribution is -0.110. The van der Waals surface area contributed by atoms with Crippen molar-refractivity contribution in [2.45, 2.75) is 0 Å². The number of ketones is 1. The van der Waals surface area contributed by atoms with E-state index in [0.29, 0.717) is 5.56 Å². The minimum Gasteiger partial charge on any atom is -0.507 e. The Morgan fingerprint density at radius 3 is 2.47 bits per heavy atom. The van der Waals surface area contributed by atoms with Gasteiger partial charge in [0.05, 0.1) is 5.69 Å². The molecule has 3 nitrogen and oxygen atoms in total. The smallest absolute Gasteiger partial charge is 0.178 e. The van der Waals surface area contributed by atoms with E-state index in [-0.39, 0.29) is 11.5 Å². The molecule has 1 N–H and O–H groups in total. The van der Waals surface area contributed by atoms with E-state index in [9.17, 15) is 9.90 Å². The van der Waals surface area contributed by atoms with E-state index in [1.54, 1.807) is 42.6 Å². The van der Waals surface area contributed by atoms with Crippen LogP contribution in [0.15, 0.2) is 60.8 Å². The van der Waals surface area contributed by atoms with Crippen molar-refractivity contribution < 1.29 is 9.90 Å². The Bertz CT molecular complexity index is 616. The maximum Gasteiger partial charge on any atom is 0.178 e. The molecule has 2 rings (SSSR count). The molecule has 1 aromatic carbocycles. The number of rotatable bonds is 4. The summed E-state index contributed by atoms with van der Waals surface area (Å²) < 4.78 is 0. The quantitative estimate of drug-likeness (QED) is 0.849. The molecule has 0 spiro atoms. The number of allylic oxidation sites excluding steroid dienone is 2. The number of hydrogen-bond acceptors (Lipinski definition) is 3. The molecule has 0 radical (unpaired) electrons. The van der Waals surface area contributed by atoms with Crippen LogP contribution in [0.25, 0.3) is 12.2 Å². The number of nitrogens with zero attached hydrogens (tertiary/aromatic N) is 1. The van der Waals surface area contributed by atoms with Crippen LogP contribution >= 0.6 is 0 Å². The summed E-state index contributed by atoms with van der Waals surface area (Å²) >= 11 is 0. The van der Waals surface area contributed by atoms with Gasteiger partial charge in [-0.05, 0) is 42.5 Å². The van der Waals surface area contributed by atoms with Crippen molar-refractivity contribution in [2.24, 2.45) is 0 Å². The molecular weight excluding hydrogens is 238 g/mol. The normalized spacial score (nSPS) is 11.2. The molecule has 1 aromatic heterocycles. The summed E-state index contributed by atoms with van der Waals surface area (Å²) in [6.45, 7) is 0. The molecule has 19 heavy (non-hydrogen) atoms. The number of carbonyl (C=O) groups is 1. The number of carbonyl (C=O) groups excluding carboxylic acids is 1. The number of para-hydroxylation sites is 1. The summed E-state index contributed by atoms with van der Waals surface area (Å²) in [4.78, 5) is 15.7. The van der Waals surface area contributed by atoms with Crippen molar-refractivity contribution >= 4 is 17.9 Å². The minimum absolute atomic E-state index is 0.153. The number of pyridine rings is 1. The number of hydrogen-bond donors (Lipinski definition) is 1. The summed E-state index contributed by atoms with van der Waals surface area (Å²) in [6.07, 6.45) is 7.76. The Morgan fingerprint density at radius 2 is 1.74 bits per heavy atom. The molecule has 0 saturated carbocycles. The lowest BCUT2D eigenvalue weighted by Gasteiger charge is -1.95. The average Bonchev–Trinajstić information content (AvgIpc) is 2.45. The second-order valence-corrected chi connectivity index (χ2v) is 3.88. The maximum atomic E-state index is 11.6. The molecule has 0 aliphatic carbocycles. The van der Waals surface area contributed by atoms with Crippen molar-refractivity contribution in [1.82, 2.24) is 4.98 Å². The molecular formula is C16H13NO2. The van der Waals surface area contributed by atoms with E-state index in [2.05, 4.69) is 4.98 Å². The summed E-state index contributed by atoms with van der Waals surface area (Å²) in [6, 6.07) is 12.3. The Labute approximate surface area is 111 Å². The van der Waals surface area contributed by atoms with Crippen molar-refractivity contribution in [1.29, 1.82) is 0 Å². The molecule has 0 aliphatic rings. The number of aromatic nitrogens is 1. The predicted octanol–water partition coefficient (Wildman–Crippen LogP) is 3.08. The van der Waals surface area contributed by atoms with Gasteiger partial charge in [-0.2, -0.15) is 0 Å². The number of benzene rings is 1. The lowest BCUT2D eigenvalue weighted by Crippen LogP contribution is -1.86. The summed E-state index contributed by atoms with van der Waals surface area (Å²) in [5.74, 6) is -0.00541. The topological polar surface area (TPSA) is 50.2 Å². The van der Waals surface area contributed by atoms with E-state index in [0.717, 1.165) is 5.69 Å². The van der Waals surface area contributed by atoms with Gasteiger partial charge in [0.25, 0.3) is 0 Å². The number of aromatic hydroxyl groups is 1. The van der Waals surface area contributed by atoms with Crippen LogP contribution in [0.4, 0.5) is 0 Å². The van der Waals surface area contributed by atoms with Crippen LogP contribution in [0.1, 0.15) is 11.3 Å². The summed E-state index contributed by atoms with van der Waals surface area (Å²) in [7, 11) is 0. The van der Waals surface area contributed by atoms with Crippen LogP contribution in [0, 0.1) is 0 Å². The fraction of sp³-hybridized carbons (Fsp3) is 0. The average molecular weight is 251 g/mol. The van der Waals surface area contributed by atoms with Gasteiger partial charge in [-0.1, -0.05) is 24.3 Å². The highest BCUT2D eigenvalue weighted by Gasteiger charge is 1.95. The van der Waals surface area contributed by atoms with Crippen LogP contribution < -0.4 is 0 Å². The predicted molar refractivity (Wildman–Crippen MR) is 75.4 cm³/mol. The lowest BCUT2D eigenvalue weighted by atomic mass is 10.1. The molecule has 2 aromatic rings. The molecule has 0 saturated heterocycles. The van der Waals surface area contributed by atoms with E-state index in [4.69, 9.17) is 0 Å².